The fraction of sp³-hybridized carbons (Fsp3) is 0.760. The molecule has 0 radical (unpaired) electrons. The second kappa shape index (κ2) is 11.9. The van der Waals surface area contributed by atoms with Gasteiger partial charge in [-0.3, -0.25) is 0 Å². The number of rotatable bonds is 9. The average Bonchev–Trinajstić information content (AvgIpc) is 3.35. The highest BCUT2D eigenvalue weighted by Crippen LogP contribution is 2.30. The third-order valence-electron chi connectivity index (χ3n) is 7.88. The molecule has 4 rings (SSSR count). The minimum atomic E-state index is -3.28. The van der Waals surface area contributed by atoms with Gasteiger partial charge in [-0.2, -0.15) is 17.4 Å². The maximum Gasteiger partial charge on any atom is 0.279 e. The number of hydrogen-bond acceptors (Lipinski definition) is 3. The van der Waals surface area contributed by atoms with Crippen molar-refractivity contribution in [2.75, 3.05) is 32.7 Å². The van der Waals surface area contributed by atoms with Gasteiger partial charge in [-0.15, -0.1) is 0 Å². The van der Waals surface area contributed by atoms with Crippen LogP contribution in [0.15, 0.2) is 22.7 Å². The normalized spacial score (nSPS) is 26.1. The monoisotopic (exact) mass is 543 g/mol. The molecule has 0 atom stereocenters. The standard InChI is InChI=1S/C25H39BrFN3O2S/c26-25-10-7-23(27)19-22(25)18-21-11-16-29(17-12-21)13-3-4-20-5-8-24(9-6-20)28-33(31,32)30-14-1-2-15-30/h7,10,19-21,24,28H,1-6,8-9,11-18H2. The SMILES string of the molecule is O=S(=O)(NC1CCC(CCCN2CCC(Cc3cc(F)ccc3Br)CC2)CC1)N1CCCC1. The van der Waals surface area contributed by atoms with Gasteiger partial charge in [-0.25, -0.2) is 4.39 Å². The Labute approximate surface area is 207 Å². The van der Waals surface area contributed by atoms with E-state index in [0.29, 0.717) is 19.0 Å². The van der Waals surface area contributed by atoms with E-state index in [2.05, 4.69) is 25.6 Å². The largest absolute Gasteiger partial charge is 0.303 e. The molecule has 0 spiro atoms. The van der Waals surface area contributed by atoms with E-state index in [1.165, 1.54) is 31.7 Å². The van der Waals surface area contributed by atoms with Crippen molar-refractivity contribution < 1.29 is 12.8 Å². The molecule has 33 heavy (non-hydrogen) atoms. The highest BCUT2D eigenvalue weighted by molar-refractivity contribution is 9.10. The Morgan fingerprint density at radius 1 is 0.970 bits per heavy atom. The summed E-state index contributed by atoms with van der Waals surface area (Å²) in [5.41, 5.74) is 1.09. The van der Waals surface area contributed by atoms with E-state index in [4.69, 9.17) is 0 Å². The van der Waals surface area contributed by atoms with Crippen LogP contribution in [0.2, 0.25) is 0 Å². The van der Waals surface area contributed by atoms with Crippen molar-refractivity contribution in [3.63, 3.8) is 0 Å². The van der Waals surface area contributed by atoms with Gasteiger partial charge in [0.15, 0.2) is 0 Å². The summed E-state index contributed by atoms with van der Waals surface area (Å²) in [6, 6.07) is 5.11. The molecule has 1 N–H and O–H groups in total. The summed E-state index contributed by atoms with van der Waals surface area (Å²) < 4.78 is 44.1. The van der Waals surface area contributed by atoms with Crippen molar-refractivity contribution in [3.8, 4) is 0 Å². The van der Waals surface area contributed by atoms with E-state index in [1.807, 2.05) is 6.07 Å². The number of piperidine rings is 1. The van der Waals surface area contributed by atoms with Gasteiger partial charge in [0.25, 0.3) is 10.2 Å². The van der Waals surface area contributed by atoms with Crippen LogP contribution in [0.25, 0.3) is 0 Å². The molecule has 1 aliphatic carbocycles. The van der Waals surface area contributed by atoms with Gasteiger partial charge in [0.2, 0.25) is 0 Å². The van der Waals surface area contributed by atoms with Crippen molar-refractivity contribution in [1.29, 1.82) is 0 Å². The Morgan fingerprint density at radius 2 is 1.67 bits per heavy atom. The number of likely N-dealkylation sites (tertiary alicyclic amines) is 1. The molecule has 0 bridgehead atoms. The lowest BCUT2D eigenvalue weighted by Crippen LogP contribution is -2.45. The fourth-order valence-corrected chi connectivity index (χ4v) is 7.76. The van der Waals surface area contributed by atoms with Crippen LogP contribution in [-0.4, -0.2) is 56.4 Å². The van der Waals surface area contributed by atoms with E-state index in [-0.39, 0.29) is 11.9 Å². The molecule has 1 aromatic rings. The Hall–Kier alpha value is -0.540. The summed E-state index contributed by atoms with van der Waals surface area (Å²) in [4.78, 5) is 2.59. The molecule has 3 fully saturated rings. The van der Waals surface area contributed by atoms with Gasteiger partial charge in [-0.1, -0.05) is 15.9 Å². The fourth-order valence-electron chi connectivity index (χ4n) is 5.81. The van der Waals surface area contributed by atoms with Crippen LogP contribution in [0.1, 0.15) is 69.8 Å². The zero-order chi connectivity index (χ0) is 23.3. The number of nitrogens with one attached hydrogen (secondary N) is 1. The molecule has 0 amide bonds. The van der Waals surface area contributed by atoms with E-state index >= 15 is 0 Å². The zero-order valence-corrected chi connectivity index (χ0v) is 22.1. The lowest BCUT2D eigenvalue weighted by atomic mass is 9.83. The van der Waals surface area contributed by atoms with E-state index in [1.54, 1.807) is 10.4 Å². The summed E-state index contributed by atoms with van der Waals surface area (Å²) in [5.74, 6) is 1.23. The van der Waals surface area contributed by atoms with Crippen LogP contribution in [0.4, 0.5) is 4.39 Å². The molecule has 8 heteroatoms. The first kappa shape index (κ1) is 25.5. The van der Waals surface area contributed by atoms with Crippen molar-refractivity contribution in [2.45, 2.75) is 76.7 Å². The highest BCUT2D eigenvalue weighted by atomic mass is 79.9. The molecule has 2 heterocycles. The number of halogens is 2. The van der Waals surface area contributed by atoms with Gasteiger partial charge >= 0.3 is 0 Å². The van der Waals surface area contributed by atoms with Crippen LogP contribution in [-0.2, 0) is 16.6 Å². The molecular weight excluding hydrogens is 505 g/mol. The van der Waals surface area contributed by atoms with Gasteiger partial charge in [0.1, 0.15) is 5.82 Å². The summed E-state index contributed by atoms with van der Waals surface area (Å²) in [7, 11) is -3.28. The summed E-state index contributed by atoms with van der Waals surface area (Å²) >= 11 is 3.56. The minimum Gasteiger partial charge on any atom is -0.303 e. The Balaban J connectivity index is 1.09. The van der Waals surface area contributed by atoms with Crippen LogP contribution >= 0.6 is 15.9 Å². The average molecular weight is 545 g/mol. The highest BCUT2D eigenvalue weighted by Gasteiger charge is 2.30. The molecular formula is C25H39BrFN3O2S. The molecule has 5 nitrogen and oxygen atoms in total. The number of nitrogens with zero attached hydrogens (tertiary/aromatic N) is 2. The number of hydrogen-bond donors (Lipinski definition) is 1. The summed E-state index contributed by atoms with van der Waals surface area (Å²) in [5, 5.41) is 0. The van der Waals surface area contributed by atoms with Crippen LogP contribution < -0.4 is 4.72 Å². The third kappa shape index (κ3) is 7.47. The van der Waals surface area contributed by atoms with E-state index in [9.17, 15) is 12.8 Å². The molecule has 3 aliphatic rings. The smallest absolute Gasteiger partial charge is 0.279 e. The van der Waals surface area contributed by atoms with Gasteiger partial charge < -0.3 is 4.90 Å². The summed E-state index contributed by atoms with van der Waals surface area (Å²) in [6.45, 7) is 4.79. The van der Waals surface area contributed by atoms with Crippen molar-refractivity contribution in [2.24, 2.45) is 11.8 Å². The topological polar surface area (TPSA) is 52.7 Å². The zero-order valence-electron chi connectivity index (χ0n) is 19.7. The molecule has 2 saturated heterocycles. The van der Waals surface area contributed by atoms with Gasteiger partial charge in [0, 0.05) is 23.6 Å². The Kier molecular flexibility index (Phi) is 9.24. The molecule has 186 valence electrons. The molecule has 2 aliphatic heterocycles. The summed E-state index contributed by atoms with van der Waals surface area (Å²) in [6.07, 6.45) is 12.0. The first-order valence-corrected chi connectivity index (χ1v) is 15.1. The second-order valence-corrected chi connectivity index (χ2v) is 12.9. The third-order valence-corrected chi connectivity index (χ3v) is 10.3. The predicted molar refractivity (Wildman–Crippen MR) is 135 cm³/mol. The van der Waals surface area contributed by atoms with Crippen LogP contribution in [0, 0.1) is 17.7 Å². The van der Waals surface area contributed by atoms with Gasteiger partial charge in [0.05, 0.1) is 0 Å². The first-order chi connectivity index (χ1) is 15.9. The molecule has 0 aromatic heterocycles. The predicted octanol–water partition coefficient (Wildman–Crippen LogP) is 5.11. The maximum absolute atomic E-state index is 13.6. The van der Waals surface area contributed by atoms with Gasteiger partial charge in [-0.05, 0) is 126 Å². The van der Waals surface area contributed by atoms with E-state index < -0.39 is 10.2 Å². The lowest BCUT2D eigenvalue weighted by molar-refractivity contribution is 0.174. The molecule has 1 aromatic carbocycles. The first-order valence-electron chi connectivity index (χ1n) is 12.8. The quantitative estimate of drug-likeness (QED) is 0.470. The van der Waals surface area contributed by atoms with Crippen molar-refractivity contribution >= 4 is 26.1 Å². The Bertz CT molecular complexity index is 862. The number of benzene rings is 1. The molecule has 0 unspecified atom stereocenters. The maximum atomic E-state index is 13.6. The van der Waals surface area contributed by atoms with Crippen molar-refractivity contribution in [3.05, 3.63) is 34.1 Å². The van der Waals surface area contributed by atoms with E-state index in [0.717, 1.165) is 80.5 Å². The molecule has 1 saturated carbocycles. The van der Waals surface area contributed by atoms with Crippen molar-refractivity contribution in [1.82, 2.24) is 13.9 Å². The van der Waals surface area contributed by atoms with Crippen LogP contribution in [0.5, 0.6) is 0 Å². The lowest BCUT2D eigenvalue weighted by Gasteiger charge is -2.33. The Morgan fingerprint density at radius 3 is 2.36 bits per heavy atom. The second-order valence-electron chi connectivity index (χ2n) is 10.3. The van der Waals surface area contributed by atoms with Crippen LogP contribution in [0.3, 0.4) is 0 Å². The minimum absolute atomic E-state index is 0.115.